The maximum Gasteiger partial charge on any atom is 0.254 e. The highest BCUT2D eigenvalue weighted by Gasteiger charge is 2.43. The molecule has 0 spiro atoms. The zero-order valence-corrected chi connectivity index (χ0v) is 19.7. The van der Waals surface area contributed by atoms with Crippen LogP contribution in [0.1, 0.15) is 45.1 Å². The van der Waals surface area contributed by atoms with E-state index in [4.69, 9.17) is 9.47 Å². The van der Waals surface area contributed by atoms with Crippen LogP contribution >= 0.6 is 0 Å². The fraction of sp³-hybridized carbons (Fsp3) is 0.333. The van der Waals surface area contributed by atoms with Gasteiger partial charge in [0.25, 0.3) is 5.91 Å². The fourth-order valence-corrected chi connectivity index (χ4v) is 4.89. The van der Waals surface area contributed by atoms with Crippen LogP contribution in [0.2, 0.25) is 0 Å². The van der Waals surface area contributed by atoms with Crippen LogP contribution in [0.5, 0.6) is 11.5 Å². The van der Waals surface area contributed by atoms with Crippen LogP contribution in [0.4, 0.5) is 5.69 Å². The third kappa shape index (κ3) is 4.25. The fourth-order valence-electron chi connectivity index (χ4n) is 4.89. The number of anilines is 1. The van der Waals surface area contributed by atoms with Gasteiger partial charge in [0.2, 0.25) is 0 Å². The first-order valence-electron chi connectivity index (χ1n) is 11.1. The number of benzene rings is 2. The molecule has 172 valence electrons. The number of ketones is 1. The van der Waals surface area contributed by atoms with E-state index in [2.05, 4.69) is 24.5 Å². The van der Waals surface area contributed by atoms with Gasteiger partial charge in [-0.2, -0.15) is 0 Å². The van der Waals surface area contributed by atoms with E-state index in [1.54, 1.807) is 26.4 Å². The maximum atomic E-state index is 13.7. The Bertz CT molecular complexity index is 1180. The van der Waals surface area contributed by atoms with Crippen LogP contribution in [0.25, 0.3) is 0 Å². The number of amides is 1. The number of carbonyl (C=O) groups excluding carboxylic acids is 2. The first-order chi connectivity index (χ1) is 15.8. The second-order valence-corrected chi connectivity index (χ2v) is 9.33. The number of Topliss-reactive ketones (excluding diaryl/α,β-unsaturated/α-hetero) is 1. The van der Waals surface area contributed by atoms with Gasteiger partial charge in [-0.1, -0.05) is 44.2 Å². The number of carbonyl (C=O) groups is 2. The van der Waals surface area contributed by atoms with Crippen LogP contribution in [-0.2, 0) is 9.59 Å². The number of hydrogen-bond donors (Lipinski definition) is 2. The van der Waals surface area contributed by atoms with Crippen molar-refractivity contribution in [2.45, 2.75) is 39.5 Å². The van der Waals surface area contributed by atoms with Crippen molar-refractivity contribution in [3.8, 4) is 11.5 Å². The Morgan fingerprint density at radius 1 is 1.00 bits per heavy atom. The van der Waals surface area contributed by atoms with Gasteiger partial charge in [0.1, 0.15) is 11.5 Å². The van der Waals surface area contributed by atoms with E-state index < -0.39 is 5.92 Å². The molecule has 1 aliphatic carbocycles. The first kappa shape index (κ1) is 22.6. The van der Waals surface area contributed by atoms with Gasteiger partial charge in [-0.25, -0.2) is 0 Å². The summed E-state index contributed by atoms with van der Waals surface area (Å²) in [7, 11) is 3.17. The molecule has 0 unspecified atom stereocenters. The topological polar surface area (TPSA) is 76.7 Å². The summed E-state index contributed by atoms with van der Waals surface area (Å²) in [5.74, 6) is 0.446. The highest BCUT2D eigenvalue weighted by Crippen LogP contribution is 2.48. The Morgan fingerprint density at radius 2 is 1.64 bits per heavy atom. The average molecular weight is 447 g/mol. The van der Waals surface area contributed by atoms with Crippen LogP contribution in [0.15, 0.2) is 71.1 Å². The van der Waals surface area contributed by atoms with Crippen LogP contribution in [-0.4, -0.2) is 25.9 Å². The van der Waals surface area contributed by atoms with Crippen LogP contribution in [0, 0.1) is 5.41 Å². The summed E-state index contributed by atoms with van der Waals surface area (Å²) in [5, 5.41) is 6.38. The monoisotopic (exact) mass is 446 g/mol. The maximum absolute atomic E-state index is 13.7. The minimum atomic E-state index is -0.532. The van der Waals surface area contributed by atoms with Crippen molar-refractivity contribution in [3.05, 3.63) is 76.6 Å². The predicted molar refractivity (Wildman–Crippen MR) is 128 cm³/mol. The number of allylic oxidation sites excluding steroid dienone is 3. The summed E-state index contributed by atoms with van der Waals surface area (Å²) < 4.78 is 11.0. The van der Waals surface area contributed by atoms with Crippen molar-refractivity contribution in [3.63, 3.8) is 0 Å². The van der Waals surface area contributed by atoms with Gasteiger partial charge in [0.15, 0.2) is 5.78 Å². The summed E-state index contributed by atoms with van der Waals surface area (Å²) in [6.07, 6.45) is 1.16. The number of hydrogen-bond acceptors (Lipinski definition) is 5. The van der Waals surface area contributed by atoms with Gasteiger partial charge < -0.3 is 20.1 Å². The summed E-state index contributed by atoms with van der Waals surface area (Å²) in [5.41, 5.74) is 3.98. The number of ether oxygens (including phenoxy) is 2. The Morgan fingerprint density at radius 3 is 2.33 bits per heavy atom. The molecule has 6 heteroatoms. The highest BCUT2D eigenvalue weighted by molar-refractivity contribution is 6.10. The Kier molecular flexibility index (Phi) is 6.02. The molecular formula is C27H30N2O4. The zero-order chi connectivity index (χ0) is 23.8. The van der Waals surface area contributed by atoms with E-state index >= 15 is 0 Å². The Balaban J connectivity index is 1.85. The average Bonchev–Trinajstić information content (AvgIpc) is 2.77. The first-order valence-corrected chi connectivity index (χ1v) is 11.1. The number of para-hydroxylation sites is 3. The van der Waals surface area contributed by atoms with Crippen molar-refractivity contribution in [1.29, 1.82) is 0 Å². The molecule has 6 nitrogen and oxygen atoms in total. The minimum Gasteiger partial charge on any atom is -0.496 e. The van der Waals surface area contributed by atoms with E-state index in [0.717, 1.165) is 23.4 Å². The summed E-state index contributed by atoms with van der Waals surface area (Å²) >= 11 is 0. The lowest BCUT2D eigenvalue weighted by Gasteiger charge is -2.40. The lowest BCUT2D eigenvalue weighted by molar-refractivity contribution is -0.118. The van der Waals surface area contributed by atoms with E-state index in [1.165, 1.54) is 0 Å². The van der Waals surface area contributed by atoms with Gasteiger partial charge in [0.05, 0.1) is 25.8 Å². The smallest absolute Gasteiger partial charge is 0.254 e. The molecule has 2 aliphatic rings. The largest absolute Gasteiger partial charge is 0.496 e. The van der Waals surface area contributed by atoms with E-state index in [0.29, 0.717) is 34.8 Å². The van der Waals surface area contributed by atoms with E-state index in [9.17, 15) is 9.59 Å². The molecule has 0 saturated heterocycles. The van der Waals surface area contributed by atoms with Crippen molar-refractivity contribution in [2.24, 2.45) is 5.41 Å². The van der Waals surface area contributed by atoms with Gasteiger partial charge in [-0.3, -0.25) is 9.59 Å². The quantitative estimate of drug-likeness (QED) is 0.680. The van der Waals surface area contributed by atoms with Crippen molar-refractivity contribution in [2.75, 3.05) is 19.5 Å². The van der Waals surface area contributed by atoms with Crippen molar-refractivity contribution < 1.29 is 19.1 Å². The Hall–Kier alpha value is -3.54. The highest BCUT2D eigenvalue weighted by atomic mass is 16.5. The van der Waals surface area contributed by atoms with Gasteiger partial charge in [-0.15, -0.1) is 0 Å². The molecule has 0 bridgehead atoms. The summed E-state index contributed by atoms with van der Waals surface area (Å²) in [6, 6.07) is 14.8. The molecule has 0 aromatic heterocycles. The molecule has 2 aromatic rings. The standard InChI is InChI=1S/C27H30N2O4/c1-16-23(26(31)29-18-11-7-9-13-22(18)33-5)24(17-10-6-8-12-21(17)32-4)25-19(28-16)14-27(2,3)15-20(25)30/h6-13,24,28H,14-15H2,1-5H3,(H,29,31)/t24-/m1/s1. The molecule has 4 rings (SSSR count). The zero-order valence-electron chi connectivity index (χ0n) is 19.7. The third-order valence-corrected chi connectivity index (χ3v) is 6.29. The lowest BCUT2D eigenvalue weighted by Crippen LogP contribution is -2.39. The van der Waals surface area contributed by atoms with Gasteiger partial charge in [-0.05, 0) is 37.0 Å². The molecule has 1 amide bonds. The predicted octanol–water partition coefficient (Wildman–Crippen LogP) is 4.95. The van der Waals surface area contributed by atoms with Crippen molar-refractivity contribution >= 4 is 17.4 Å². The molecule has 2 aromatic carbocycles. The summed E-state index contributed by atoms with van der Waals surface area (Å²) in [4.78, 5) is 27.1. The molecule has 33 heavy (non-hydrogen) atoms. The molecule has 1 aliphatic heterocycles. The van der Waals surface area contributed by atoms with E-state index in [-0.39, 0.29) is 17.1 Å². The van der Waals surface area contributed by atoms with Gasteiger partial charge >= 0.3 is 0 Å². The molecule has 2 N–H and O–H groups in total. The number of rotatable bonds is 5. The molecule has 0 saturated carbocycles. The van der Waals surface area contributed by atoms with Crippen molar-refractivity contribution in [1.82, 2.24) is 5.32 Å². The second-order valence-electron chi connectivity index (χ2n) is 9.33. The lowest BCUT2D eigenvalue weighted by atomic mass is 9.68. The third-order valence-electron chi connectivity index (χ3n) is 6.29. The molecule has 0 fully saturated rings. The number of dihydropyridines is 1. The number of nitrogens with one attached hydrogen (secondary N) is 2. The molecular weight excluding hydrogens is 416 g/mol. The van der Waals surface area contributed by atoms with Gasteiger partial charge in [0, 0.05) is 34.5 Å². The minimum absolute atomic E-state index is 0.0553. The normalized spacial score (nSPS) is 19.5. The SMILES string of the molecule is COc1ccccc1NC(=O)C1=C(C)NC2=C(C(=O)CC(C)(C)C2)[C@@H]1c1ccccc1OC. The second kappa shape index (κ2) is 8.77. The van der Waals surface area contributed by atoms with E-state index in [1.807, 2.05) is 43.3 Å². The number of methoxy groups -OCH3 is 2. The van der Waals surface area contributed by atoms with Crippen LogP contribution < -0.4 is 20.1 Å². The molecule has 0 radical (unpaired) electrons. The molecule has 1 atom stereocenters. The molecule has 1 heterocycles. The van der Waals surface area contributed by atoms with Crippen LogP contribution in [0.3, 0.4) is 0 Å². The summed E-state index contributed by atoms with van der Waals surface area (Å²) in [6.45, 7) is 6.07. The Labute approximate surface area is 194 Å².